The quantitative estimate of drug-likeness (QED) is 0.696. The predicted molar refractivity (Wildman–Crippen MR) is 85.8 cm³/mol. The summed E-state index contributed by atoms with van der Waals surface area (Å²) in [5.41, 5.74) is 0. The van der Waals surface area contributed by atoms with Crippen molar-refractivity contribution in [3.05, 3.63) is 17.2 Å². The molecular weight excluding hydrogens is 346 g/mol. The minimum absolute atomic E-state index is 0.0124. The summed E-state index contributed by atoms with van der Waals surface area (Å²) in [4.78, 5) is 11.0. The van der Waals surface area contributed by atoms with E-state index in [1.807, 2.05) is 6.92 Å². The van der Waals surface area contributed by atoms with Crippen molar-refractivity contribution >= 4 is 27.6 Å². The van der Waals surface area contributed by atoms with E-state index in [-0.39, 0.29) is 27.8 Å². The average molecular weight is 366 g/mol. The summed E-state index contributed by atoms with van der Waals surface area (Å²) in [7, 11) is -1.43. The lowest BCUT2D eigenvalue weighted by Crippen LogP contribution is -2.40. The van der Waals surface area contributed by atoms with Gasteiger partial charge in [0.2, 0.25) is 10.0 Å². The number of hydrogen-bond donors (Lipinski definition) is 2. The Morgan fingerprint density at radius 2 is 1.91 bits per heavy atom. The molecule has 0 radical (unpaired) electrons. The van der Waals surface area contributed by atoms with E-state index in [2.05, 4.69) is 4.72 Å². The summed E-state index contributed by atoms with van der Waals surface area (Å²) in [6, 6.07) is 1.28. The molecule has 1 aromatic rings. The van der Waals surface area contributed by atoms with E-state index in [0.29, 0.717) is 6.42 Å². The standard InChI is InChI=1S/C14H20ClNO6S/c1-4-5-6-10(14(17)18)16-23(19,20)13-7-9(15)11(21-2)8-12(13)22-3/h7-8,10,16H,4-6H2,1-3H3,(H,17,18). The molecule has 0 aliphatic rings. The number of methoxy groups -OCH3 is 2. The molecule has 1 unspecified atom stereocenters. The molecule has 0 amide bonds. The van der Waals surface area contributed by atoms with E-state index < -0.39 is 22.0 Å². The fraction of sp³-hybridized carbons (Fsp3) is 0.500. The zero-order chi connectivity index (χ0) is 17.6. The Labute approximate surface area is 140 Å². The minimum atomic E-state index is -4.12. The topological polar surface area (TPSA) is 102 Å². The molecule has 7 nitrogen and oxygen atoms in total. The van der Waals surface area contributed by atoms with Crippen molar-refractivity contribution in [2.24, 2.45) is 0 Å². The van der Waals surface area contributed by atoms with Crippen LogP contribution in [0.5, 0.6) is 11.5 Å². The van der Waals surface area contributed by atoms with Crippen molar-refractivity contribution in [2.75, 3.05) is 14.2 Å². The van der Waals surface area contributed by atoms with E-state index >= 15 is 0 Å². The third-order valence-electron chi connectivity index (χ3n) is 3.17. The third-order valence-corrected chi connectivity index (χ3v) is 4.96. The lowest BCUT2D eigenvalue weighted by molar-refractivity contribution is -0.139. The smallest absolute Gasteiger partial charge is 0.321 e. The molecular formula is C14H20ClNO6S. The van der Waals surface area contributed by atoms with Gasteiger partial charge in [-0.1, -0.05) is 31.4 Å². The summed E-state index contributed by atoms with van der Waals surface area (Å²) >= 11 is 5.96. The average Bonchev–Trinajstić information content (AvgIpc) is 2.50. The maximum Gasteiger partial charge on any atom is 0.321 e. The van der Waals surface area contributed by atoms with Crippen LogP contribution in [0, 0.1) is 0 Å². The molecule has 1 rings (SSSR count). The normalized spacial score (nSPS) is 12.7. The molecule has 23 heavy (non-hydrogen) atoms. The first kappa shape index (κ1) is 19.5. The zero-order valence-electron chi connectivity index (χ0n) is 13.1. The van der Waals surface area contributed by atoms with Gasteiger partial charge in [0, 0.05) is 6.07 Å². The highest BCUT2D eigenvalue weighted by molar-refractivity contribution is 7.89. The van der Waals surface area contributed by atoms with Gasteiger partial charge in [-0.05, 0) is 12.5 Å². The fourth-order valence-corrected chi connectivity index (χ4v) is 3.64. The summed E-state index contributed by atoms with van der Waals surface area (Å²) in [5.74, 6) is -0.970. The fourth-order valence-electron chi connectivity index (χ4n) is 1.93. The molecule has 1 atom stereocenters. The molecule has 0 aliphatic heterocycles. The number of sulfonamides is 1. The van der Waals surface area contributed by atoms with Crippen LogP contribution in [-0.4, -0.2) is 39.8 Å². The maximum atomic E-state index is 12.5. The van der Waals surface area contributed by atoms with Crippen LogP contribution in [0.25, 0.3) is 0 Å². The molecule has 0 fully saturated rings. The van der Waals surface area contributed by atoms with Gasteiger partial charge >= 0.3 is 5.97 Å². The molecule has 130 valence electrons. The number of hydrogen-bond acceptors (Lipinski definition) is 5. The van der Waals surface area contributed by atoms with E-state index in [4.69, 9.17) is 26.2 Å². The lowest BCUT2D eigenvalue weighted by atomic mass is 10.1. The Hall–Kier alpha value is -1.51. The zero-order valence-corrected chi connectivity index (χ0v) is 14.7. The van der Waals surface area contributed by atoms with Gasteiger partial charge in [-0.2, -0.15) is 4.72 Å². The van der Waals surface area contributed by atoms with Crippen molar-refractivity contribution < 1.29 is 27.8 Å². The van der Waals surface area contributed by atoms with E-state index in [1.165, 1.54) is 26.4 Å². The third kappa shape index (κ3) is 4.98. The van der Waals surface area contributed by atoms with Gasteiger partial charge in [-0.25, -0.2) is 8.42 Å². The van der Waals surface area contributed by atoms with E-state index in [0.717, 1.165) is 6.42 Å². The number of aliphatic carboxylic acids is 1. The number of carbonyl (C=O) groups is 1. The minimum Gasteiger partial charge on any atom is -0.495 e. The molecule has 0 saturated carbocycles. The molecule has 1 aromatic carbocycles. The van der Waals surface area contributed by atoms with Gasteiger partial charge in [0.15, 0.2) is 0 Å². The monoisotopic (exact) mass is 365 g/mol. The van der Waals surface area contributed by atoms with Crippen LogP contribution in [0.4, 0.5) is 0 Å². The van der Waals surface area contributed by atoms with Crippen LogP contribution in [0.1, 0.15) is 26.2 Å². The molecule has 9 heteroatoms. The van der Waals surface area contributed by atoms with Crippen LogP contribution in [-0.2, 0) is 14.8 Å². The van der Waals surface area contributed by atoms with Crippen LogP contribution in [0.3, 0.4) is 0 Å². The summed E-state index contributed by atoms with van der Waals surface area (Å²) in [5, 5.41) is 9.25. The predicted octanol–water partition coefficient (Wildman–Crippen LogP) is 2.28. The SMILES string of the molecule is CCCCC(NS(=O)(=O)c1cc(Cl)c(OC)cc1OC)C(=O)O. The second-order valence-corrected chi connectivity index (χ2v) is 6.88. The van der Waals surface area contributed by atoms with Crippen LogP contribution >= 0.6 is 11.6 Å². The molecule has 2 N–H and O–H groups in total. The van der Waals surface area contributed by atoms with Gasteiger partial charge in [-0.3, -0.25) is 4.79 Å². The van der Waals surface area contributed by atoms with E-state index in [1.54, 1.807) is 0 Å². The second-order valence-electron chi connectivity index (χ2n) is 4.79. The molecule has 0 saturated heterocycles. The van der Waals surface area contributed by atoms with Gasteiger partial charge in [0.25, 0.3) is 0 Å². The van der Waals surface area contributed by atoms with Crippen molar-refractivity contribution in [3.8, 4) is 11.5 Å². The van der Waals surface area contributed by atoms with Gasteiger partial charge in [0.1, 0.15) is 22.4 Å². The number of ether oxygens (including phenoxy) is 2. The first-order valence-corrected chi connectivity index (χ1v) is 8.79. The Bertz CT molecular complexity index is 661. The molecule has 0 bridgehead atoms. The van der Waals surface area contributed by atoms with Crippen molar-refractivity contribution in [3.63, 3.8) is 0 Å². The number of nitrogens with one attached hydrogen (secondary N) is 1. The number of unbranched alkanes of at least 4 members (excludes halogenated alkanes) is 1. The van der Waals surface area contributed by atoms with Crippen LogP contribution < -0.4 is 14.2 Å². The summed E-state index contributed by atoms with van der Waals surface area (Å²) in [6.45, 7) is 1.89. The van der Waals surface area contributed by atoms with Crippen molar-refractivity contribution in [2.45, 2.75) is 37.1 Å². The van der Waals surface area contributed by atoms with Crippen LogP contribution in [0.2, 0.25) is 5.02 Å². The number of rotatable bonds is 9. The van der Waals surface area contributed by atoms with Crippen molar-refractivity contribution in [1.29, 1.82) is 0 Å². The van der Waals surface area contributed by atoms with Crippen LogP contribution in [0.15, 0.2) is 17.0 Å². The molecule has 0 spiro atoms. The summed E-state index contributed by atoms with van der Waals surface area (Å²) < 4.78 is 37.2. The Morgan fingerprint density at radius 1 is 1.30 bits per heavy atom. The van der Waals surface area contributed by atoms with Gasteiger partial charge < -0.3 is 14.6 Å². The Kier molecular flexibility index (Phi) is 7.11. The van der Waals surface area contributed by atoms with Gasteiger partial charge in [0.05, 0.1) is 19.2 Å². The van der Waals surface area contributed by atoms with Crippen molar-refractivity contribution in [1.82, 2.24) is 4.72 Å². The first-order valence-electron chi connectivity index (χ1n) is 6.93. The largest absolute Gasteiger partial charge is 0.495 e. The highest BCUT2D eigenvalue weighted by Gasteiger charge is 2.28. The second kappa shape index (κ2) is 8.37. The number of benzene rings is 1. The Balaban J connectivity index is 3.21. The summed E-state index contributed by atoms with van der Waals surface area (Å²) in [6.07, 6.45) is 1.53. The highest BCUT2D eigenvalue weighted by atomic mass is 35.5. The maximum absolute atomic E-state index is 12.5. The Morgan fingerprint density at radius 3 is 2.39 bits per heavy atom. The number of halogens is 1. The van der Waals surface area contributed by atoms with E-state index in [9.17, 15) is 13.2 Å². The lowest BCUT2D eigenvalue weighted by Gasteiger charge is -2.17. The molecule has 0 aliphatic carbocycles. The van der Waals surface area contributed by atoms with Gasteiger partial charge in [-0.15, -0.1) is 0 Å². The number of carboxylic acids is 1. The number of carboxylic acid groups (broad SMARTS) is 1. The molecule has 0 heterocycles. The highest BCUT2D eigenvalue weighted by Crippen LogP contribution is 2.35. The first-order chi connectivity index (χ1) is 10.8. The molecule has 0 aromatic heterocycles.